The fourth-order valence-electron chi connectivity index (χ4n) is 1.15. The molecule has 6 heteroatoms. The van der Waals surface area contributed by atoms with Crippen molar-refractivity contribution < 1.29 is 22.9 Å². The SMILES string of the molecule is O=C(O)Cc1ccc(CP(=O)(F)F)cc1. The van der Waals surface area contributed by atoms with Gasteiger partial charge < -0.3 is 5.11 Å². The summed E-state index contributed by atoms with van der Waals surface area (Å²) in [6.45, 7) is 0. The third-order valence-electron chi connectivity index (χ3n) is 1.74. The van der Waals surface area contributed by atoms with Crippen LogP contribution in [0.1, 0.15) is 11.1 Å². The second-order valence-electron chi connectivity index (χ2n) is 3.12. The minimum Gasteiger partial charge on any atom is -0.481 e. The minimum absolute atomic E-state index is 0.150. The Bertz CT molecular complexity index is 396. The van der Waals surface area contributed by atoms with Crippen molar-refractivity contribution in [2.75, 3.05) is 0 Å². The molecule has 82 valence electrons. The van der Waals surface area contributed by atoms with Crippen molar-refractivity contribution >= 4 is 13.7 Å². The monoisotopic (exact) mass is 234 g/mol. The van der Waals surface area contributed by atoms with E-state index >= 15 is 0 Å². The summed E-state index contributed by atoms with van der Waals surface area (Å²) in [4.78, 5) is 10.3. The van der Waals surface area contributed by atoms with E-state index in [0.29, 0.717) is 5.56 Å². The molecular formula is C9H9F2O3P. The Morgan fingerprint density at radius 3 is 2.07 bits per heavy atom. The lowest BCUT2D eigenvalue weighted by molar-refractivity contribution is -0.136. The summed E-state index contributed by atoms with van der Waals surface area (Å²) in [5.74, 6) is -0.982. The molecule has 0 saturated heterocycles. The van der Waals surface area contributed by atoms with Crippen molar-refractivity contribution in [3.63, 3.8) is 0 Å². The molecule has 0 unspecified atom stereocenters. The Morgan fingerprint density at radius 2 is 1.67 bits per heavy atom. The quantitative estimate of drug-likeness (QED) is 0.815. The summed E-state index contributed by atoms with van der Waals surface area (Å²) in [7, 11) is -5.05. The Kier molecular flexibility index (Phi) is 3.58. The predicted octanol–water partition coefficient (Wildman–Crippen LogP) is 2.95. The lowest BCUT2D eigenvalue weighted by Gasteiger charge is -2.01. The van der Waals surface area contributed by atoms with Crippen LogP contribution in [0.15, 0.2) is 24.3 Å². The van der Waals surface area contributed by atoms with Gasteiger partial charge in [0, 0.05) is 0 Å². The number of benzene rings is 1. The van der Waals surface area contributed by atoms with Crippen LogP contribution in [0.3, 0.4) is 0 Å². The molecule has 3 nitrogen and oxygen atoms in total. The van der Waals surface area contributed by atoms with E-state index in [0.717, 1.165) is 0 Å². The van der Waals surface area contributed by atoms with E-state index < -0.39 is 19.9 Å². The minimum atomic E-state index is -5.05. The second kappa shape index (κ2) is 4.53. The summed E-state index contributed by atoms with van der Waals surface area (Å²) in [5.41, 5.74) is 0.774. The summed E-state index contributed by atoms with van der Waals surface area (Å²) in [6.07, 6.45) is -0.913. The maximum absolute atomic E-state index is 12.2. The molecule has 15 heavy (non-hydrogen) atoms. The average Bonchev–Trinajstić information content (AvgIpc) is 2.05. The van der Waals surface area contributed by atoms with Crippen LogP contribution in [0.4, 0.5) is 8.39 Å². The molecule has 1 aromatic rings. The summed E-state index contributed by atoms with van der Waals surface area (Å²) < 4.78 is 34.6. The fourth-order valence-corrected chi connectivity index (χ4v) is 1.79. The Hall–Kier alpha value is -1.22. The summed E-state index contributed by atoms with van der Waals surface area (Å²) in [5, 5.41) is 8.46. The molecule has 0 aliphatic rings. The van der Waals surface area contributed by atoms with Crippen LogP contribution >= 0.6 is 7.76 Å². The number of aliphatic carboxylic acids is 1. The van der Waals surface area contributed by atoms with Gasteiger partial charge in [-0.3, -0.25) is 4.79 Å². The van der Waals surface area contributed by atoms with E-state index in [2.05, 4.69) is 0 Å². The largest absolute Gasteiger partial charge is 0.481 e. The van der Waals surface area contributed by atoms with Gasteiger partial charge in [-0.1, -0.05) is 24.3 Å². The van der Waals surface area contributed by atoms with Gasteiger partial charge in [-0.05, 0) is 11.1 Å². The van der Waals surface area contributed by atoms with E-state index in [1.54, 1.807) is 0 Å². The van der Waals surface area contributed by atoms with Gasteiger partial charge >= 0.3 is 13.7 Å². The molecule has 0 aliphatic carbocycles. The summed E-state index contributed by atoms with van der Waals surface area (Å²) in [6, 6.07) is 5.62. The van der Waals surface area contributed by atoms with Crippen LogP contribution < -0.4 is 0 Å². The normalized spacial score (nSPS) is 11.3. The highest BCUT2D eigenvalue weighted by Gasteiger charge is 2.19. The van der Waals surface area contributed by atoms with Crippen molar-refractivity contribution in [2.45, 2.75) is 12.6 Å². The van der Waals surface area contributed by atoms with Crippen LogP contribution in [0.25, 0.3) is 0 Å². The Morgan fingerprint density at radius 1 is 1.20 bits per heavy atom. The molecule has 0 bridgehead atoms. The van der Waals surface area contributed by atoms with Crippen molar-refractivity contribution in [1.82, 2.24) is 0 Å². The Labute approximate surface area is 85.3 Å². The molecule has 0 aliphatic heterocycles. The van der Waals surface area contributed by atoms with Crippen LogP contribution in [0.2, 0.25) is 0 Å². The van der Waals surface area contributed by atoms with Crippen LogP contribution in [-0.4, -0.2) is 11.1 Å². The molecule has 0 aromatic heterocycles. The fraction of sp³-hybridized carbons (Fsp3) is 0.222. The lowest BCUT2D eigenvalue weighted by Crippen LogP contribution is -1.99. The first kappa shape index (κ1) is 11.9. The third-order valence-corrected chi connectivity index (χ3v) is 2.48. The molecule has 0 radical (unpaired) electrons. The molecule has 1 aromatic carbocycles. The van der Waals surface area contributed by atoms with Crippen LogP contribution in [0.5, 0.6) is 0 Å². The lowest BCUT2D eigenvalue weighted by atomic mass is 10.1. The highest BCUT2D eigenvalue weighted by Crippen LogP contribution is 2.52. The van der Waals surface area contributed by atoms with Gasteiger partial charge in [0.25, 0.3) is 0 Å². The topological polar surface area (TPSA) is 54.4 Å². The maximum atomic E-state index is 12.2. The van der Waals surface area contributed by atoms with Gasteiger partial charge in [0.1, 0.15) is 0 Å². The number of carboxylic acids is 1. The smallest absolute Gasteiger partial charge is 0.407 e. The average molecular weight is 234 g/mol. The number of hydrogen-bond donors (Lipinski definition) is 1. The molecule has 0 saturated carbocycles. The van der Waals surface area contributed by atoms with E-state index in [9.17, 15) is 17.8 Å². The van der Waals surface area contributed by atoms with Crippen molar-refractivity contribution in [3.8, 4) is 0 Å². The first-order valence-electron chi connectivity index (χ1n) is 4.15. The van der Waals surface area contributed by atoms with Gasteiger partial charge in [0.05, 0.1) is 12.6 Å². The van der Waals surface area contributed by atoms with Gasteiger partial charge in [-0.2, -0.15) is 8.39 Å². The zero-order chi connectivity index (χ0) is 11.5. The molecule has 1 rings (SSSR count). The van der Waals surface area contributed by atoms with E-state index in [4.69, 9.17) is 5.11 Å². The molecule has 1 N–H and O–H groups in total. The van der Waals surface area contributed by atoms with Crippen molar-refractivity contribution in [2.24, 2.45) is 0 Å². The van der Waals surface area contributed by atoms with Gasteiger partial charge in [-0.15, -0.1) is 0 Å². The van der Waals surface area contributed by atoms with Crippen LogP contribution in [0, 0.1) is 0 Å². The van der Waals surface area contributed by atoms with Crippen molar-refractivity contribution in [1.29, 1.82) is 0 Å². The van der Waals surface area contributed by atoms with E-state index in [1.807, 2.05) is 0 Å². The first-order chi connectivity index (χ1) is 6.87. The van der Waals surface area contributed by atoms with E-state index in [1.165, 1.54) is 24.3 Å². The Balaban J connectivity index is 2.72. The molecule has 0 atom stereocenters. The number of carboxylic acid groups (broad SMARTS) is 1. The third kappa shape index (κ3) is 4.70. The maximum Gasteiger partial charge on any atom is 0.407 e. The second-order valence-corrected chi connectivity index (χ2v) is 4.57. The zero-order valence-electron chi connectivity index (χ0n) is 7.69. The van der Waals surface area contributed by atoms with Crippen molar-refractivity contribution in [3.05, 3.63) is 35.4 Å². The zero-order valence-corrected chi connectivity index (χ0v) is 8.58. The molecule has 0 spiro atoms. The standard InChI is InChI=1S/C9H9F2O3P/c10-15(11,14)6-8-3-1-7(2-4-8)5-9(12)13/h1-4H,5-6H2,(H,12,13). The molecule has 0 fully saturated rings. The molecular weight excluding hydrogens is 225 g/mol. The number of halogens is 2. The number of rotatable bonds is 4. The van der Waals surface area contributed by atoms with Crippen LogP contribution in [-0.2, 0) is 21.9 Å². The predicted molar refractivity (Wildman–Crippen MR) is 51.3 cm³/mol. The molecule has 0 heterocycles. The van der Waals surface area contributed by atoms with E-state index in [-0.39, 0.29) is 12.0 Å². The van der Waals surface area contributed by atoms with Gasteiger partial charge in [0.2, 0.25) is 0 Å². The summed E-state index contributed by atoms with van der Waals surface area (Å²) >= 11 is 0. The van der Waals surface area contributed by atoms with Gasteiger partial charge in [0.15, 0.2) is 0 Å². The van der Waals surface area contributed by atoms with Gasteiger partial charge in [-0.25, -0.2) is 4.57 Å². The number of hydrogen-bond acceptors (Lipinski definition) is 2. The highest BCUT2D eigenvalue weighted by molar-refractivity contribution is 7.52. The highest BCUT2D eigenvalue weighted by atomic mass is 31.2. The first-order valence-corrected chi connectivity index (χ1v) is 5.82. The molecule has 0 amide bonds. The number of carbonyl (C=O) groups is 1.